The van der Waals surface area contributed by atoms with E-state index in [-0.39, 0.29) is 23.2 Å². The largest absolute Gasteiger partial charge is 0.341 e. The van der Waals surface area contributed by atoms with Gasteiger partial charge in [0.15, 0.2) is 0 Å². The van der Waals surface area contributed by atoms with Gasteiger partial charge in [-0.25, -0.2) is 0 Å². The number of hydrogen-bond acceptors (Lipinski definition) is 5. The summed E-state index contributed by atoms with van der Waals surface area (Å²) in [6.45, 7) is 4.53. The summed E-state index contributed by atoms with van der Waals surface area (Å²) < 4.78 is 0. The van der Waals surface area contributed by atoms with Gasteiger partial charge in [0.1, 0.15) is 5.56 Å². The zero-order valence-corrected chi connectivity index (χ0v) is 14.2. The Hall–Kier alpha value is -1.60. The lowest BCUT2D eigenvalue weighted by Crippen LogP contribution is -2.34. The van der Waals surface area contributed by atoms with Crippen LogP contribution in [-0.2, 0) is 0 Å². The smallest absolute Gasteiger partial charge is 0.282 e. The van der Waals surface area contributed by atoms with Crippen LogP contribution in [0.4, 0.5) is 5.69 Å². The number of carbonyl (C=O) groups excluding carboxylic acids is 1. The van der Waals surface area contributed by atoms with E-state index in [9.17, 15) is 14.9 Å². The van der Waals surface area contributed by atoms with Crippen molar-refractivity contribution < 1.29 is 9.72 Å². The van der Waals surface area contributed by atoms with Crippen molar-refractivity contribution in [2.45, 2.75) is 31.2 Å². The van der Waals surface area contributed by atoms with Crippen molar-refractivity contribution in [2.24, 2.45) is 11.7 Å². The normalized spacial score (nSPS) is 12.3. The third-order valence-electron chi connectivity index (χ3n) is 3.63. The number of thioether (sulfide) groups is 1. The molecule has 1 aromatic carbocycles. The molecule has 0 bridgehead atoms. The highest BCUT2D eigenvalue weighted by Crippen LogP contribution is 2.25. The van der Waals surface area contributed by atoms with Crippen molar-refractivity contribution in [3.8, 4) is 0 Å². The van der Waals surface area contributed by atoms with Crippen LogP contribution < -0.4 is 5.73 Å². The molecular weight excluding hydrogens is 302 g/mol. The molecule has 0 aliphatic rings. The molecule has 2 N–H and O–H groups in total. The molecule has 0 spiro atoms. The van der Waals surface area contributed by atoms with Crippen molar-refractivity contribution in [1.82, 2.24) is 4.90 Å². The molecule has 0 radical (unpaired) electrons. The molecular formula is C15H23N3O3S. The Morgan fingerprint density at radius 3 is 2.59 bits per heavy atom. The minimum atomic E-state index is -0.523. The quantitative estimate of drug-likeness (QED) is 0.473. The number of nitro groups is 1. The molecule has 22 heavy (non-hydrogen) atoms. The number of nitrogens with zero attached hydrogens (tertiary/aromatic N) is 2. The summed E-state index contributed by atoms with van der Waals surface area (Å²) in [5.41, 5.74) is 5.94. The van der Waals surface area contributed by atoms with Gasteiger partial charge in [0.25, 0.3) is 11.6 Å². The first-order valence-electron chi connectivity index (χ1n) is 7.11. The average molecular weight is 325 g/mol. The van der Waals surface area contributed by atoms with E-state index in [1.165, 1.54) is 22.7 Å². The lowest BCUT2D eigenvalue weighted by atomic mass is 10.0. The fraction of sp³-hybridized carbons (Fsp3) is 0.533. The van der Waals surface area contributed by atoms with E-state index >= 15 is 0 Å². The van der Waals surface area contributed by atoms with Gasteiger partial charge in [0.2, 0.25) is 0 Å². The van der Waals surface area contributed by atoms with Crippen LogP contribution in [0.3, 0.4) is 0 Å². The number of amides is 1. The SMILES string of the molecule is CSc1ccc([N+](=O)[O-])c(C(=O)N(C)CCC(N)C(C)C)c1. The number of rotatable bonds is 7. The van der Waals surface area contributed by atoms with Crippen LogP contribution in [0.5, 0.6) is 0 Å². The number of carbonyl (C=O) groups is 1. The topological polar surface area (TPSA) is 89.5 Å². The Kier molecular flexibility index (Phi) is 6.83. The number of nitro benzene ring substituents is 1. The zero-order valence-electron chi connectivity index (χ0n) is 13.4. The summed E-state index contributed by atoms with van der Waals surface area (Å²) in [5.74, 6) is -0.0174. The van der Waals surface area contributed by atoms with Gasteiger partial charge in [-0.2, -0.15) is 0 Å². The third kappa shape index (κ3) is 4.71. The standard InChI is InChI=1S/C15H23N3O3S/c1-10(2)13(16)7-8-17(3)15(19)12-9-11(22-4)5-6-14(12)18(20)21/h5-6,9-10,13H,7-8,16H2,1-4H3. The highest BCUT2D eigenvalue weighted by molar-refractivity contribution is 7.98. The summed E-state index contributed by atoms with van der Waals surface area (Å²) in [5, 5.41) is 11.1. The van der Waals surface area contributed by atoms with Gasteiger partial charge in [-0.3, -0.25) is 14.9 Å². The first-order chi connectivity index (χ1) is 10.3. The van der Waals surface area contributed by atoms with Gasteiger partial charge in [0, 0.05) is 30.6 Å². The van der Waals surface area contributed by atoms with Crippen molar-refractivity contribution in [2.75, 3.05) is 19.8 Å². The average Bonchev–Trinajstić information content (AvgIpc) is 2.50. The van der Waals surface area contributed by atoms with Crippen LogP contribution in [0.2, 0.25) is 0 Å². The molecule has 7 heteroatoms. The first-order valence-corrected chi connectivity index (χ1v) is 8.33. The molecule has 1 rings (SSSR count). The van der Waals surface area contributed by atoms with Gasteiger partial charge in [-0.1, -0.05) is 13.8 Å². The molecule has 6 nitrogen and oxygen atoms in total. The number of hydrogen-bond donors (Lipinski definition) is 1. The summed E-state index contributed by atoms with van der Waals surface area (Å²) in [7, 11) is 1.64. The Morgan fingerprint density at radius 2 is 2.09 bits per heavy atom. The summed E-state index contributed by atoms with van der Waals surface area (Å²) in [6, 6.07) is 4.60. The van der Waals surface area contributed by atoms with Crippen LogP contribution in [0.15, 0.2) is 23.1 Å². The summed E-state index contributed by atoms with van der Waals surface area (Å²) in [4.78, 5) is 25.4. The van der Waals surface area contributed by atoms with Crippen LogP contribution >= 0.6 is 11.8 Å². The Bertz CT molecular complexity index is 549. The fourth-order valence-electron chi connectivity index (χ4n) is 1.96. The summed E-state index contributed by atoms with van der Waals surface area (Å²) >= 11 is 1.44. The molecule has 1 amide bonds. The molecule has 1 unspecified atom stereocenters. The Balaban J connectivity index is 2.93. The molecule has 1 aromatic rings. The monoisotopic (exact) mass is 325 g/mol. The molecule has 0 fully saturated rings. The van der Waals surface area contributed by atoms with E-state index in [1.807, 2.05) is 20.1 Å². The van der Waals surface area contributed by atoms with Crippen LogP contribution in [0.1, 0.15) is 30.6 Å². The molecule has 0 aliphatic heterocycles. The van der Waals surface area contributed by atoms with Gasteiger partial charge in [-0.15, -0.1) is 11.8 Å². The number of benzene rings is 1. The lowest BCUT2D eigenvalue weighted by Gasteiger charge is -2.21. The molecule has 0 aromatic heterocycles. The molecule has 122 valence electrons. The van der Waals surface area contributed by atoms with Crippen LogP contribution in [0.25, 0.3) is 0 Å². The minimum absolute atomic E-state index is 0.00256. The predicted molar refractivity (Wildman–Crippen MR) is 89.3 cm³/mol. The highest BCUT2D eigenvalue weighted by atomic mass is 32.2. The molecule has 0 saturated heterocycles. The molecule has 0 aliphatic carbocycles. The molecule has 0 heterocycles. The number of nitrogens with two attached hydrogens (primary N) is 1. The van der Waals surface area contributed by atoms with Crippen molar-refractivity contribution in [3.05, 3.63) is 33.9 Å². The van der Waals surface area contributed by atoms with Gasteiger partial charge >= 0.3 is 0 Å². The van der Waals surface area contributed by atoms with Gasteiger partial charge in [0.05, 0.1) is 4.92 Å². The van der Waals surface area contributed by atoms with Crippen molar-refractivity contribution in [3.63, 3.8) is 0 Å². The van der Waals surface area contributed by atoms with Crippen LogP contribution in [-0.4, -0.2) is 41.6 Å². The molecule has 1 atom stereocenters. The highest BCUT2D eigenvalue weighted by Gasteiger charge is 2.23. The minimum Gasteiger partial charge on any atom is -0.341 e. The Morgan fingerprint density at radius 1 is 1.45 bits per heavy atom. The van der Waals surface area contributed by atoms with E-state index in [1.54, 1.807) is 19.2 Å². The van der Waals surface area contributed by atoms with E-state index in [0.29, 0.717) is 18.9 Å². The van der Waals surface area contributed by atoms with Gasteiger partial charge < -0.3 is 10.6 Å². The summed E-state index contributed by atoms with van der Waals surface area (Å²) in [6.07, 6.45) is 2.52. The van der Waals surface area contributed by atoms with E-state index in [4.69, 9.17) is 5.73 Å². The second-order valence-electron chi connectivity index (χ2n) is 5.56. The van der Waals surface area contributed by atoms with E-state index in [2.05, 4.69) is 0 Å². The van der Waals surface area contributed by atoms with Crippen LogP contribution in [0, 0.1) is 16.0 Å². The maximum Gasteiger partial charge on any atom is 0.282 e. The van der Waals surface area contributed by atoms with E-state index in [0.717, 1.165) is 4.90 Å². The second kappa shape index (κ2) is 8.14. The predicted octanol–water partition coefficient (Wildman–Crippen LogP) is 2.76. The third-order valence-corrected chi connectivity index (χ3v) is 4.36. The van der Waals surface area contributed by atoms with Gasteiger partial charge in [-0.05, 0) is 30.7 Å². The fourth-order valence-corrected chi connectivity index (χ4v) is 2.40. The van der Waals surface area contributed by atoms with E-state index < -0.39 is 4.92 Å². The maximum absolute atomic E-state index is 12.5. The Labute approximate surface area is 135 Å². The maximum atomic E-state index is 12.5. The zero-order chi connectivity index (χ0) is 16.9. The second-order valence-corrected chi connectivity index (χ2v) is 6.44. The lowest BCUT2D eigenvalue weighted by molar-refractivity contribution is -0.385. The first kappa shape index (κ1) is 18.4. The van der Waals surface area contributed by atoms with Crippen molar-refractivity contribution >= 4 is 23.4 Å². The molecule has 0 saturated carbocycles. The van der Waals surface area contributed by atoms with Crippen molar-refractivity contribution in [1.29, 1.82) is 0 Å².